The Morgan fingerprint density at radius 1 is 0.771 bits per heavy atom. The normalized spacial score (nSPS) is 22.8. The Morgan fingerprint density at radius 3 is 1.63 bits per heavy atom. The molecule has 4 saturated heterocycles. The Hall–Kier alpha value is -1.17. The molecular formula is C24H45ClN4O6. The number of hydrogen-bond acceptors (Lipinski definition) is 9. The number of nitrogens with one attached hydrogen (secondary N) is 1. The van der Waals surface area contributed by atoms with E-state index in [0.29, 0.717) is 19.3 Å². The monoisotopic (exact) mass is 520 g/mol. The van der Waals surface area contributed by atoms with Gasteiger partial charge in [-0.15, -0.1) is 0 Å². The Bertz CT molecular complexity index is 560. The molecule has 0 atom stereocenters. The minimum atomic E-state index is -0.738. The summed E-state index contributed by atoms with van der Waals surface area (Å²) in [5.41, 5.74) is -0.738. The van der Waals surface area contributed by atoms with Gasteiger partial charge in [-0.05, 0) is 52.6 Å². The Labute approximate surface area is 215 Å². The van der Waals surface area contributed by atoms with Gasteiger partial charge in [0.15, 0.2) is 0 Å². The van der Waals surface area contributed by atoms with Gasteiger partial charge >= 0.3 is 11.5 Å². The molecule has 10 nitrogen and oxygen atoms in total. The van der Waals surface area contributed by atoms with Gasteiger partial charge in [-0.3, -0.25) is 9.80 Å². The second kappa shape index (κ2) is 18.1. The number of nitrogens with zero attached hydrogens (tertiary/aromatic N) is 3. The number of halogens is 1. The molecule has 4 aliphatic rings. The van der Waals surface area contributed by atoms with Gasteiger partial charge in [0.1, 0.15) is 0 Å². The fourth-order valence-corrected chi connectivity index (χ4v) is 4.91. The van der Waals surface area contributed by atoms with E-state index in [1.807, 2.05) is 11.8 Å². The number of morpholine rings is 2. The van der Waals surface area contributed by atoms with Crippen LogP contribution in [0.2, 0.25) is 0 Å². The maximum Gasteiger partial charge on any atom is 0.409 e. The predicted molar refractivity (Wildman–Crippen MR) is 135 cm³/mol. The standard InChI is InChI=1S/C12H22N2O3.C9H18N2O.C3H5ClO2/c1-2-17-12(15)14-5-3-11(4-6-14)13-7-9-16-10-8-13;1-3-10-4-2-9(1)11-5-7-12-8-6-11;1-2-6-3(4)5/h11H,2-10H2,1H3;9-10H,1-8H2;2H2,1H3. The molecule has 4 heterocycles. The van der Waals surface area contributed by atoms with Gasteiger partial charge in [0.25, 0.3) is 0 Å². The fraction of sp³-hybridized carbons (Fsp3) is 0.917. The van der Waals surface area contributed by atoms with Crippen LogP contribution in [0.3, 0.4) is 0 Å². The average Bonchev–Trinajstić information content (AvgIpc) is 2.91. The largest absolute Gasteiger partial charge is 0.454 e. The Morgan fingerprint density at radius 2 is 1.23 bits per heavy atom. The van der Waals surface area contributed by atoms with E-state index in [1.165, 1.54) is 25.9 Å². The molecule has 11 heteroatoms. The number of ether oxygens (including phenoxy) is 4. The second-order valence-corrected chi connectivity index (χ2v) is 9.17. The first-order chi connectivity index (χ1) is 17.0. The summed E-state index contributed by atoms with van der Waals surface area (Å²) in [4.78, 5) is 28.0. The van der Waals surface area contributed by atoms with E-state index in [9.17, 15) is 9.59 Å². The highest BCUT2D eigenvalue weighted by Gasteiger charge is 2.28. The third-order valence-corrected chi connectivity index (χ3v) is 6.79. The number of hydrogen-bond donors (Lipinski definition) is 1. The molecule has 4 aliphatic heterocycles. The van der Waals surface area contributed by atoms with Gasteiger partial charge in [-0.1, -0.05) is 0 Å². The van der Waals surface area contributed by atoms with Gasteiger partial charge in [0, 0.05) is 63.0 Å². The van der Waals surface area contributed by atoms with E-state index in [2.05, 4.69) is 19.9 Å². The number of rotatable bonds is 4. The lowest BCUT2D eigenvalue weighted by Crippen LogP contribution is -2.50. The second-order valence-electron chi connectivity index (χ2n) is 8.87. The Kier molecular flexibility index (Phi) is 15.6. The van der Waals surface area contributed by atoms with Crippen molar-refractivity contribution in [2.45, 2.75) is 51.6 Å². The molecule has 4 fully saturated rings. The lowest BCUT2D eigenvalue weighted by atomic mass is 10.0. The fourth-order valence-electron chi connectivity index (χ4n) is 4.80. The average molecular weight is 521 g/mol. The van der Waals surface area contributed by atoms with Crippen LogP contribution >= 0.6 is 11.6 Å². The first-order valence-corrected chi connectivity index (χ1v) is 13.5. The van der Waals surface area contributed by atoms with Crippen molar-refractivity contribution >= 4 is 23.1 Å². The summed E-state index contributed by atoms with van der Waals surface area (Å²) in [5, 5.41) is 3.40. The molecule has 0 bridgehead atoms. The molecule has 0 saturated carbocycles. The zero-order chi connectivity index (χ0) is 25.3. The van der Waals surface area contributed by atoms with Gasteiger partial charge in [0.05, 0.1) is 39.6 Å². The quantitative estimate of drug-likeness (QED) is 0.561. The maximum absolute atomic E-state index is 11.6. The molecule has 0 aromatic carbocycles. The summed E-state index contributed by atoms with van der Waals surface area (Å²) in [7, 11) is 0. The highest BCUT2D eigenvalue weighted by Crippen LogP contribution is 2.18. The summed E-state index contributed by atoms with van der Waals surface area (Å²) < 4.78 is 19.9. The van der Waals surface area contributed by atoms with Crippen molar-refractivity contribution < 1.29 is 28.5 Å². The van der Waals surface area contributed by atoms with Crippen LogP contribution in [-0.2, 0) is 18.9 Å². The van der Waals surface area contributed by atoms with E-state index in [4.69, 9.17) is 25.8 Å². The molecule has 0 aromatic heterocycles. The lowest BCUT2D eigenvalue weighted by molar-refractivity contribution is 0.000499. The maximum atomic E-state index is 11.6. The molecule has 1 amide bonds. The third kappa shape index (κ3) is 12.1. The summed E-state index contributed by atoms with van der Waals surface area (Å²) >= 11 is 4.72. The van der Waals surface area contributed by atoms with Crippen molar-refractivity contribution in [3.05, 3.63) is 0 Å². The highest BCUT2D eigenvalue weighted by atomic mass is 35.5. The third-order valence-electron chi connectivity index (χ3n) is 6.68. The SMILES string of the molecule is C1CC(N2CCOCC2)CCN1.CCOC(=O)Cl.CCOC(=O)N1CCC(N2CCOCC2)CC1. The van der Waals surface area contributed by atoms with Crippen LogP contribution < -0.4 is 5.32 Å². The van der Waals surface area contributed by atoms with E-state index >= 15 is 0 Å². The van der Waals surface area contributed by atoms with E-state index in [-0.39, 0.29) is 6.09 Å². The minimum Gasteiger partial charge on any atom is -0.454 e. The molecule has 4 rings (SSSR count). The number of amides is 1. The number of carbonyl (C=O) groups excluding carboxylic acids is 2. The number of likely N-dealkylation sites (tertiary alicyclic amines) is 1. The zero-order valence-electron chi connectivity index (χ0n) is 21.6. The van der Waals surface area contributed by atoms with Crippen LogP contribution in [0.25, 0.3) is 0 Å². The Balaban J connectivity index is 0.000000209. The molecule has 35 heavy (non-hydrogen) atoms. The molecule has 0 spiro atoms. The van der Waals surface area contributed by atoms with Crippen molar-refractivity contribution in [2.24, 2.45) is 0 Å². The summed E-state index contributed by atoms with van der Waals surface area (Å²) in [6, 6.07) is 1.44. The van der Waals surface area contributed by atoms with Crippen molar-refractivity contribution in [3.63, 3.8) is 0 Å². The van der Waals surface area contributed by atoms with Crippen LogP contribution in [-0.4, -0.2) is 130 Å². The molecule has 0 aromatic rings. The topological polar surface area (TPSA) is 92.8 Å². The van der Waals surface area contributed by atoms with Crippen LogP contribution in [0.5, 0.6) is 0 Å². The minimum absolute atomic E-state index is 0.159. The van der Waals surface area contributed by atoms with Crippen LogP contribution in [0, 0.1) is 0 Å². The first kappa shape index (κ1) is 30.1. The summed E-state index contributed by atoms with van der Waals surface area (Å²) in [5.74, 6) is 0. The van der Waals surface area contributed by atoms with Crippen molar-refractivity contribution in [1.29, 1.82) is 0 Å². The van der Waals surface area contributed by atoms with E-state index in [1.54, 1.807) is 6.92 Å². The van der Waals surface area contributed by atoms with E-state index in [0.717, 1.165) is 84.6 Å². The predicted octanol–water partition coefficient (Wildman–Crippen LogP) is 2.39. The molecule has 0 radical (unpaired) electrons. The first-order valence-electron chi connectivity index (χ1n) is 13.1. The van der Waals surface area contributed by atoms with Gasteiger partial charge in [-0.25, -0.2) is 9.59 Å². The van der Waals surface area contributed by atoms with Gasteiger partial charge in [0.2, 0.25) is 0 Å². The molecule has 204 valence electrons. The smallest absolute Gasteiger partial charge is 0.409 e. The summed E-state index contributed by atoms with van der Waals surface area (Å²) in [6.07, 6.45) is 4.59. The lowest BCUT2D eigenvalue weighted by Gasteiger charge is -2.39. The van der Waals surface area contributed by atoms with Gasteiger partial charge in [-0.2, -0.15) is 0 Å². The van der Waals surface area contributed by atoms with Crippen LogP contribution in [0.15, 0.2) is 0 Å². The molecule has 1 N–H and O–H groups in total. The van der Waals surface area contributed by atoms with Crippen molar-refractivity contribution in [3.8, 4) is 0 Å². The number of carbonyl (C=O) groups is 2. The van der Waals surface area contributed by atoms with Crippen LogP contribution in [0.1, 0.15) is 39.5 Å². The van der Waals surface area contributed by atoms with Crippen molar-refractivity contribution in [2.75, 3.05) is 92.0 Å². The number of piperidine rings is 2. The van der Waals surface area contributed by atoms with Crippen LogP contribution in [0.4, 0.5) is 9.59 Å². The zero-order valence-corrected chi connectivity index (χ0v) is 22.3. The van der Waals surface area contributed by atoms with E-state index < -0.39 is 5.43 Å². The van der Waals surface area contributed by atoms with Gasteiger partial charge < -0.3 is 29.2 Å². The summed E-state index contributed by atoms with van der Waals surface area (Å²) in [6.45, 7) is 16.3. The molecular weight excluding hydrogens is 476 g/mol. The van der Waals surface area contributed by atoms with Crippen molar-refractivity contribution in [1.82, 2.24) is 20.0 Å². The molecule has 0 aliphatic carbocycles. The molecule has 0 unspecified atom stereocenters. The highest BCUT2D eigenvalue weighted by molar-refractivity contribution is 6.61.